The summed E-state index contributed by atoms with van der Waals surface area (Å²) in [5.41, 5.74) is 1.15. The van der Waals surface area contributed by atoms with Gasteiger partial charge in [0.1, 0.15) is 6.10 Å². The molecule has 4 heteroatoms. The van der Waals surface area contributed by atoms with Crippen molar-refractivity contribution < 1.29 is 9.47 Å². The maximum atomic E-state index is 5.77. The van der Waals surface area contributed by atoms with Crippen molar-refractivity contribution in [1.29, 1.82) is 0 Å². The first-order valence-electron chi connectivity index (χ1n) is 5.98. The van der Waals surface area contributed by atoms with Crippen LogP contribution in [0.3, 0.4) is 0 Å². The van der Waals surface area contributed by atoms with Crippen molar-refractivity contribution in [3.63, 3.8) is 0 Å². The normalized spacial score (nSPS) is 12.0. The molecule has 0 amide bonds. The van der Waals surface area contributed by atoms with Crippen LogP contribution >= 0.6 is 15.9 Å². The van der Waals surface area contributed by atoms with E-state index in [2.05, 4.69) is 34.7 Å². The number of hydrogen-bond acceptors (Lipinski definition) is 3. The Morgan fingerprint density at radius 3 is 2.78 bits per heavy atom. The van der Waals surface area contributed by atoms with Gasteiger partial charge in [-0.15, -0.1) is 0 Å². The summed E-state index contributed by atoms with van der Waals surface area (Å²) in [6, 6.07) is 4.02. The molecule has 0 aliphatic rings. The summed E-state index contributed by atoms with van der Waals surface area (Å²) in [4.78, 5) is 0. The van der Waals surface area contributed by atoms with Gasteiger partial charge in [-0.25, -0.2) is 0 Å². The second-order valence-electron chi connectivity index (χ2n) is 3.95. The van der Waals surface area contributed by atoms with Crippen molar-refractivity contribution in [2.75, 3.05) is 13.7 Å². The lowest BCUT2D eigenvalue weighted by Crippen LogP contribution is -2.13. The Morgan fingerprint density at radius 2 is 2.22 bits per heavy atom. The SMILES string of the molecule is C=CC(C)Oc1c(Br)cc(CNCC)cc1OC. The number of rotatable bonds is 7. The number of methoxy groups -OCH3 is 1. The third-order valence-corrected chi connectivity index (χ3v) is 3.09. The van der Waals surface area contributed by atoms with Gasteiger partial charge in [0.25, 0.3) is 0 Å². The summed E-state index contributed by atoms with van der Waals surface area (Å²) < 4.78 is 12.0. The van der Waals surface area contributed by atoms with Gasteiger partial charge in [-0.2, -0.15) is 0 Å². The van der Waals surface area contributed by atoms with Gasteiger partial charge in [-0.3, -0.25) is 0 Å². The summed E-state index contributed by atoms with van der Waals surface area (Å²) in [5, 5.41) is 3.28. The lowest BCUT2D eigenvalue weighted by atomic mass is 10.2. The molecule has 0 fully saturated rings. The minimum atomic E-state index is -0.0604. The van der Waals surface area contributed by atoms with Gasteiger partial charge in [0.15, 0.2) is 11.5 Å². The number of ether oxygens (including phenoxy) is 2. The van der Waals surface area contributed by atoms with Crippen molar-refractivity contribution in [3.8, 4) is 11.5 Å². The highest BCUT2D eigenvalue weighted by atomic mass is 79.9. The Bertz CT molecular complexity index is 407. The molecule has 1 N–H and O–H groups in total. The molecule has 100 valence electrons. The Hall–Kier alpha value is -1.00. The molecule has 0 spiro atoms. The summed E-state index contributed by atoms with van der Waals surface area (Å²) in [6.45, 7) is 9.47. The minimum absolute atomic E-state index is 0.0604. The van der Waals surface area contributed by atoms with E-state index in [1.807, 2.05) is 19.1 Å². The van der Waals surface area contributed by atoms with Gasteiger partial charge < -0.3 is 14.8 Å². The highest BCUT2D eigenvalue weighted by Crippen LogP contribution is 2.37. The molecule has 3 nitrogen and oxygen atoms in total. The molecule has 1 atom stereocenters. The molecule has 0 bridgehead atoms. The highest BCUT2D eigenvalue weighted by Gasteiger charge is 2.13. The van der Waals surface area contributed by atoms with Crippen LogP contribution < -0.4 is 14.8 Å². The van der Waals surface area contributed by atoms with E-state index >= 15 is 0 Å². The van der Waals surface area contributed by atoms with Gasteiger partial charge in [0.2, 0.25) is 0 Å². The number of hydrogen-bond donors (Lipinski definition) is 1. The Morgan fingerprint density at radius 1 is 1.50 bits per heavy atom. The maximum Gasteiger partial charge on any atom is 0.176 e. The molecule has 1 aromatic carbocycles. The van der Waals surface area contributed by atoms with Crippen LogP contribution in [0.4, 0.5) is 0 Å². The Labute approximate surface area is 117 Å². The van der Waals surface area contributed by atoms with Crippen LogP contribution in [-0.4, -0.2) is 19.8 Å². The summed E-state index contributed by atoms with van der Waals surface area (Å²) in [7, 11) is 1.64. The molecule has 1 unspecified atom stereocenters. The predicted molar refractivity (Wildman–Crippen MR) is 78.4 cm³/mol. The fourth-order valence-electron chi connectivity index (χ4n) is 1.49. The topological polar surface area (TPSA) is 30.5 Å². The van der Waals surface area contributed by atoms with E-state index in [9.17, 15) is 0 Å². The van der Waals surface area contributed by atoms with Crippen molar-refractivity contribution in [2.45, 2.75) is 26.5 Å². The molecule has 0 aliphatic carbocycles. The van der Waals surface area contributed by atoms with Gasteiger partial charge in [0.05, 0.1) is 11.6 Å². The molecular formula is C14H20BrNO2. The number of halogens is 1. The summed E-state index contributed by atoms with van der Waals surface area (Å²) in [5.74, 6) is 1.44. The van der Waals surface area contributed by atoms with E-state index in [0.717, 1.165) is 28.9 Å². The first kappa shape index (κ1) is 15.1. The molecule has 1 rings (SSSR count). The van der Waals surface area contributed by atoms with Crippen LogP contribution in [0.5, 0.6) is 11.5 Å². The average molecular weight is 314 g/mol. The van der Waals surface area contributed by atoms with Gasteiger partial charge in [0, 0.05) is 6.54 Å². The van der Waals surface area contributed by atoms with Crippen molar-refractivity contribution >= 4 is 15.9 Å². The lowest BCUT2D eigenvalue weighted by molar-refractivity contribution is 0.252. The molecule has 0 heterocycles. The fourth-order valence-corrected chi connectivity index (χ4v) is 2.08. The third-order valence-electron chi connectivity index (χ3n) is 2.50. The second kappa shape index (κ2) is 7.44. The molecule has 18 heavy (non-hydrogen) atoms. The average Bonchev–Trinajstić information content (AvgIpc) is 2.38. The van der Waals surface area contributed by atoms with Gasteiger partial charge in [-0.05, 0) is 47.1 Å². The molecule has 0 aliphatic heterocycles. The standard InChI is InChI=1S/C14H20BrNO2/c1-5-10(3)18-14-12(15)7-11(9-16-6-2)8-13(14)17-4/h5,7-8,10,16H,1,6,9H2,2-4H3. The minimum Gasteiger partial charge on any atom is -0.493 e. The summed E-state index contributed by atoms with van der Waals surface area (Å²) in [6.07, 6.45) is 1.69. The third kappa shape index (κ3) is 4.03. The predicted octanol–water partition coefficient (Wildman–Crippen LogP) is 3.52. The zero-order valence-electron chi connectivity index (χ0n) is 11.1. The van der Waals surface area contributed by atoms with Crippen molar-refractivity contribution in [3.05, 3.63) is 34.8 Å². The number of benzene rings is 1. The maximum absolute atomic E-state index is 5.77. The lowest BCUT2D eigenvalue weighted by Gasteiger charge is -2.17. The van der Waals surface area contributed by atoms with E-state index in [0.29, 0.717) is 5.75 Å². The molecular weight excluding hydrogens is 294 g/mol. The van der Waals surface area contributed by atoms with Crippen LogP contribution in [0.1, 0.15) is 19.4 Å². The van der Waals surface area contributed by atoms with E-state index in [-0.39, 0.29) is 6.10 Å². The molecule has 0 saturated heterocycles. The van der Waals surface area contributed by atoms with Crippen LogP contribution in [0.25, 0.3) is 0 Å². The van der Waals surface area contributed by atoms with Gasteiger partial charge >= 0.3 is 0 Å². The zero-order chi connectivity index (χ0) is 13.5. The van der Waals surface area contributed by atoms with Crippen LogP contribution in [0.15, 0.2) is 29.3 Å². The first-order valence-corrected chi connectivity index (χ1v) is 6.78. The van der Waals surface area contributed by atoms with E-state index in [4.69, 9.17) is 9.47 Å². The van der Waals surface area contributed by atoms with Crippen LogP contribution in [0, 0.1) is 0 Å². The quantitative estimate of drug-likeness (QED) is 0.781. The Kier molecular flexibility index (Phi) is 6.22. The van der Waals surface area contributed by atoms with Crippen LogP contribution in [0.2, 0.25) is 0 Å². The Balaban J connectivity index is 2.99. The fraction of sp³-hybridized carbons (Fsp3) is 0.429. The monoisotopic (exact) mass is 313 g/mol. The number of nitrogens with one attached hydrogen (secondary N) is 1. The molecule has 0 aromatic heterocycles. The van der Waals surface area contributed by atoms with E-state index in [1.165, 1.54) is 0 Å². The zero-order valence-corrected chi connectivity index (χ0v) is 12.7. The first-order chi connectivity index (χ1) is 8.62. The van der Waals surface area contributed by atoms with E-state index in [1.54, 1.807) is 13.2 Å². The largest absolute Gasteiger partial charge is 0.493 e. The smallest absolute Gasteiger partial charge is 0.176 e. The van der Waals surface area contributed by atoms with E-state index < -0.39 is 0 Å². The van der Waals surface area contributed by atoms with Gasteiger partial charge in [-0.1, -0.05) is 19.6 Å². The molecule has 0 radical (unpaired) electrons. The highest BCUT2D eigenvalue weighted by molar-refractivity contribution is 9.10. The second-order valence-corrected chi connectivity index (χ2v) is 4.80. The molecule has 0 saturated carbocycles. The van der Waals surface area contributed by atoms with Crippen molar-refractivity contribution in [1.82, 2.24) is 5.32 Å². The molecule has 1 aromatic rings. The summed E-state index contributed by atoms with van der Waals surface area (Å²) >= 11 is 3.52. The van der Waals surface area contributed by atoms with Crippen molar-refractivity contribution in [2.24, 2.45) is 0 Å². The van der Waals surface area contributed by atoms with Crippen LogP contribution in [-0.2, 0) is 6.54 Å².